The molecule has 0 saturated heterocycles. The average molecular weight is 470 g/mol. The minimum absolute atomic E-state index is 0.160. The molecule has 2 amide bonds. The summed E-state index contributed by atoms with van der Waals surface area (Å²) in [5, 5.41) is 15.3. The van der Waals surface area contributed by atoms with Crippen LogP contribution < -0.4 is 10.6 Å². The number of nitrogens with zero attached hydrogens (tertiary/aromatic N) is 3. The van der Waals surface area contributed by atoms with Gasteiger partial charge in [0.2, 0.25) is 5.91 Å². The fourth-order valence-electron chi connectivity index (χ4n) is 3.03. The quantitative estimate of drug-likeness (QED) is 0.358. The van der Waals surface area contributed by atoms with Crippen LogP contribution in [0.15, 0.2) is 60.3 Å². The Bertz CT molecular complexity index is 1150. The van der Waals surface area contributed by atoms with Crippen molar-refractivity contribution >= 4 is 40.9 Å². The maximum Gasteiger partial charge on any atom is 0.251 e. The van der Waals surface area contributed by atoms with Crippen LogP contribution in [0.2, 0.25) is 5.02 Å². The highest BCUT2D eigenvalue weighted by Gasteiger charge is 2.16. The van der Waals surface area contributed by atoms with E-state index in [1.807, 2.05) is 36.6 Å². The zero-order chi connectivity index (χ0) is 23.1. The molecule has 0 unspecified atom stereocenters. The Labute approximate surface area is 196 Å². The van der Waals surface area contributed by atoms with Crippen molar-refractivity contribution in [3.8, 4) is 0 Å². The number of aromatic nitrogens is 3. The van der Waals surface area contributed by atoms with Gasteiger partial charge in [-0.3, -0.25) is 9.59 Å². The number of allylic oxidation sites excluding steroid dienone is 1. The summed E-state index contributed by atoms with van der Waals surface area (Å²) in [4.78, 5) is 24.9. The number of hydrogen-bond donors (Lipinski definition) is 2. The number of halogens is 1. The second-order valence-electron chi connectivity index (χ2n) is 7.09. The molecule has 1 aromatic heterocycles. The normalized spacial score (nSPS) is 10.6. The maximum atomic E-state index is 12.5. The third kappa shape index (κ3) is 5.99. The van der Waals surface area contributed by atoms with Crippen LogP contribution >= 0.6 is 23.4 Å². The van der Waals surface area contributed by atoms with Crippen LogP contribution in [-0.2, 0) is 17.9 Å². The van der Waals surface area contributed by atoms with Crippen molar-refractivity contribution in [2.45, 2.75) is 32.1 Å². The van der Waals surface area contributed by atoms with E-state index in [4.69, 9.17) is 11.6 Å². The number of rotatable bonds is 9. The number of hydrogen-bond acceptors (Lipinski definition) is 5. The van der Waals surface area contributed by atoms with Crippen molar-refractivity contribution in [2.24, 2.45) is 0 Å². The number of carbonyl (C=O) groups excluding carboxylic acids is 2. The van der Waals surface area contributed by atoms with Gasteiger partial charge in [-0.15, -0.1) is 16.8 Å². The molecule has 0 radical (unpaired) electrons. The molecular formula is C23H24ClN5O2S. The van der Waals surface area contributed by atoms with E-state index in [2.05, 4.69) is 27.4 Å². The molecule has 0 aliphatic rings. The first kappa shape index (κ1) is 23.6. The Kier molecular flexibility index (Phi) is 8.08. The van der Waals surface area contributed by atoms with Gasteiger partial charge in [-0.25, -0.2) is 0 Å². The number of anilines is 1. The number of amides is 2. The lowest BCUT2D eigenvalue weighted by molar-refractivity contribution is -0.113. The Balaban J connectivity index is 1.62. The zero-order valence-electron chi connectivity index (χ0n) is 17.9. The number of thioether (sulfide) groups is 1. The summed E-state index contributed by atoms with van der Waals surface area (Å²) in [6.07, 6.45) is 1.72. The smallest absolute Gasteiger partial charge is 0.251 e. The standard InChI is InChI=1S/C23H24ClN5O2S/c1-4-11-29-20(13-25-22(31)18-8-6-5-7-15(18)2)27-28-23(29)32-14-21(30)26-19-10-9-17(24)12-16(19)3/h4-10,12H,1,11,13-14H2,2-3H3,(H,25,31)(H,26,30). The summed E-state index contributed by atoms with van der Waals surface area (Å²) < 4.78 is 1.83. The van der Waals surface area contributed by atoms with E-state index < -0.39 is 0 Å². The van der Waals surface area contributed by atoms with E-state index in [0.717, 1.165) is 11.1 Å². The minimum Gasteiger partial charge on any atom is -0.345 e. The molecule has 0 atom stereocenters. The van der Waals surface area contributed by atoms with Gasteiger partial charge in [0, 0.05) is 22.8 Å². The monoisotopic (exact) mass is 469 g/mol. The molecule has 2 N–H and O–H groups in total. The van der Waals surface area contributed by atoms with Crippen molar-refractivity contribution in [3.05, 3.63) is 82.7 Å². The molecule has 9 heteroatoms. The first-order valence-electron chi connectivity index (χ1n) is 9.94. The van der Waals surface area contributed by atoms with Crippen LogP contribution in [0.1, 0.15) is 27.3 Å². The van der Waals surface area contributed by atoms with Crippen LogP contribution in [0.4, 0.5) is 5.69 Å². The molecule has 0 spiro atoms. The largest absolute Gasteiger partial charge is 0.345 e. The van der Waals surface area contributed by atoms with Crippen molar-refractivity contribution in [2.75, 3.05) is 11.1 Å². The lowest BCUT2D eigenvalue weighted by Crippen LogP contribution is -2.25. The number of nitrogens with one attached hydrogen (secondary N) is 2. The molecule has 7 nitrogen and oxygen atoms in total. The molecule has 32 heavy (non-hydrogen) atoms. The van der Waals surface area contributed by atoms with E-state index in [1.165, 1.54) is 11.8 Å². The van der Waals surface area contributed by atoms with Crippen molar-refractivity contribution < 1.29 is 9.59 Å². The molecule has 0 bridgehead atoms. The summed E-state index contributed by atoms with van der Waals surface area (Å²) in [5.74, 6) is 0.404. The molecule has 0 saturated carbocycles. The molecular weight excluding hydrogens is 446 g/mol. The van der Waals surface area contributed by atoms with Crippen LogP contribution in [-0.4, -0.2) is 32.3 Å². The summed E-state index contributed by atoms with van der Waals surface area (Å²) in [6, 6.07) is 12.7. The molecule has 3 rings (SSSR count). The lowest BCUT2D eigenvalue weighted by atomic mass is 10.1. The van der Waals surface area contributed by atoms with Gasteiger partial charge in [0.15, 0.2) is 11.0 Å². The fraction of sp³-hybridized carbons (Fsp3) is 0.217. The van der Waals surface area contributed by atoms with E-state index in [0.29, 0.717) is 33.8 Å². The second kappa shape index (κ2) is 11.0. The number of carbonyl (C=O) groups is 2. The molecule has 0 aliphatic carbocycles. The van der Waals surface area contributed by atoms with Crippen LogP contribution in [0, 0.1) is 13.8 Å². The third-order valence-corrected chi connectivity index (χ3v) is 5.90. The highest BCUT2D eigenvalue weighted by Crippen LogP contribution is 2.21. The van der Waals surface area contributed by atoms with E-state index in [-0.39, 0.29) is 24.1 Å². The van der Waals surface area contributed by atoms with Gasteiger partial charge in [-0.1, -0.05) is 47.6 Å². The molecule has 166 valence electrons. The Morgan fingerprint density at radius 3 is 2.66 bits per heavy atom. The molecule has 0 fully saturated rings. The topological polar surface area (TPSA) is 88.9 Å². The van der Waals surface area contributed by atoms with Crippen LogP contribution in [0.25, 0.3) is 0 Å². The summed E-state index contributed by atoms with van der Waals surface area (Å²) in [7, 11) is 0. The minimum atomic E-state index is -0.178. The first-order chi connectivity index (χ1) is 15.4. The summed E-state index contributed by atoms with van der Waals surface area (Å²) in [6.45, 7) is 8.22. The van der Waals surface area contributed by atoms with Gasteiger partial charge in [-0.2, -0.15) is 0 Å². The van der Waals surface area contributed by atoms with Crippen molar-refractivity contribution in [3.63, 3.8) is 0 Å². The van der Waals surface area contributed by atoms with Crippen LogP contribution in [0.3, 0.4) is 0 Å². The molecule has 2 aromatic carbocycles. The SMILES string of the molecule is C=CCn1c(CNC(=O)c2ccccc2C)nnc1SCC(=O)Nc1ccc(Cl)cc1C. The van der Waals surface area contributed by atoms with Gasteiger partial charge in [0.05, 0.1) is 12.3 Å². The van der Waals surface area contributed by atoms with Gasteiger partial charge < -0.3 is 15.2 Å². The highest BCUT2D eigenvalue weighted by molar-refractivity contribution is 7.99. The predicted molar refractivity (Wildman–Crippen MR) is 128 cm³/mol. The second-order valence-corrected chi connectivity index (χ2v) is 8.47. The number of benzene rings is 2. The first-order valence-corrected chi connectivity index (χ1v) is 11.3. The summed E-state index contributed by atoms with van der Waals surface area (Å²) >= 11 is 7.23. The van der Waals surface area contributed by atoms with Crippen molar-refractivity contribution in [1.29, 1.82) is 0 Å². The molecule has 1 heterocycles. The zero-order valence-corrected chi connectivity index (χ0v) is 19.5. The third-order valence-electron chi connectivity index (χ3n) is 4.70. The molecule has 3 aromatic rings. The Morgan fingerprint density at radius 2 is 1.94 bits per heavy atom. The van der Waals surface area contributed by atoms with E-state index in [1.54, 1.807) is 30.3 Å². The molecule has 0 aliphatic heterocycles. The number of aryl methyl sites for hydroxylation is 2. The van der Waals surface area contributed by atoms with Gasteiger partial charge >= 0.3 is 0 Å². The van der Waals surface area contributed by atoms with E-state index in [9.17, 15) is 9.59 Å². The fourth-order valence-corrected chi connectivity index (χ4v) is 4.03. The highest BCUT2D eigenvalue weighted by atomic mass is 35.5. The Hall–Kier alpha value is -3.10. The van der Waals surface area contributed by atoms with Gasteiger partial charge in [0.25, 0.3) is 5.91 Å². The van der Waals surface area contributed by atoms with Gasteiger partial charge in [-0.05, 0) is 49.2 Å². The predicted octanol–water partition coefficient (Wildman–Crippen LogP) is 4.40. The summed E-state index contributed by atoms with van der Waals surface area (Å²) in [5.41, 5.74) is 3.12. The van der Waals surface area contributed by atoms with Gasteiger partial charge in [0.1, 0.15) is 0 Å². The average Bonchev–Trinajstić information content (AvgIpc) is 3.15. The van der Waals surface area contributed by atoms with Crippen molar-refractivity contribution in [1.82, 2.24) is 20.1 Å². The van der Waals surface area contributed by atoms with Crippen LogP contribution in [0.5, 0.6) is 0 Å². The Morgan fingerprint density at radius 1 is 1.16 bits per heavy atom. The van der Waals surface area contributed by atoms with E-state index >= 15 is 0 Å². The lowest BCUT2D eigenvalue weighted by Gasteiger charge is -2.10. The maximum absolute atomic E-state index is 12.5.